The second-order valence-electron chi connectivity index (χ2n) is 3.56. The summed E-state index contributed by atoms with van der Waals surface area (Å²) >= 11 is 9.09. The van der Waals surface area contributed by atoms with Gasteiger partial charge in [-0.2, -0.15) is 0 Å². The molecule has 94 valence electrons. The molecular weight excluding hydrogens is 325 g/mol. The minimum Gasteiger partial charge on any atom is -0.454 e. The summed E-state index contributed by atoms with van der Waals surface area (Å²) in [6.07, 6.45) is 0. The third-order valence-corrected chi connectivity index (χ3v) is 3.06. The van der Waals surface area contributed by atoms with Crippen LogP contribution in [-0.4, -0.2) is 0 Å². The third kappa shape index (κ3) is 3.00. The minimum absolute atomic E-state index is 0.0370. The van der Waals surface area contributed by atoms with Crippen LogP contribution >= 0.6 is 27.5 Å². The van der Waals surface area contributed by atoms with Crippen LogP contribution in [0.1, 0.15) is 5.56 Å². The van der Waals surface area contributed by atoms with Gasteiger partial charge in [-0.3, -0.25) is 0 Å². The van der Waals surface area contributed by atoms with Gasteiger partial charge in [0.25, 0.3) is 0 Å². The average Bonchev–Trinajstić information content (AvgIpc) is 2.34. The summed E-state index contributed by atoms with van der Waals surface area (Å²) in [7, 11) is 0. The Bertz CT molecular complexity index is 575. The van der Waals surface area contributed by atoms with E-state index in [0.717, 1.165) is 22.2 Å². The molecule has 0 unspecified atom stereocenters. The van der Waals surface area contributed by atoms with E-state index in [-0.39, 0.29) is 11.6 Å². The normalized spacial score (nSPS) is 10.4. The Morgan fingerprint density at radius 2 is 1.78 bits per heavy atom. The molecule has 2 aromatic rings. The lowest BCUT2D eigenvalue weighted by Gasteiger charge is -2.10. The Morgan fingerprint density at radius 3 is 2.44 bits per heavy atom. The summed E-state index contributed by atoms with van der Waals surface area (Å²) in [5, 5.41) is 0. The van der Waals surface area contributed by atoms with Gasteiger partial charge in [0.15, 0.2) is 11.6 Å². The van der Waals surface area contributed by atoms with Gasteiger partial charge in [-0.05, 0) is 30.3 Å². The molecule has 0 saturated carbocycles. The van der Waals surface area contributed by atoms with Gasteiger partial charge in [0, 0.05) is 16.1 Å². The first-order chi connectivity index (χ1) is 8.60. The van der Waals surface area contributed by atoms with Crippen molar-refractivity contribution in [3.05, 3.63) is 58.1 Å². The van der Waals surface area contributed by atoms with Gasteiger partial charge in [0.05, 0.1) is 5.88 Å². The van der Waals surface area contributed by atoms with E-state index < -0.39 is 11.6 Å². The molecule has 2 rings (SSSR count). The molecule has 0 spiro atoms. The van der Waals surface area contributed by atoms with E-state index in [0.29, 0.717) is 5.75 Å². The van der Waals surface area contributed by atoms with Gasteiger partial charge in [0.2, 0.25) is 0 Å². The van der Waals surface area contributed by atoms with Crippen LogP contribution in [0.15, 0.2) is 40.9 Å². The fourth-order valence-electron chi connectivity index (χ4n) is 1.43. The lowest BCUT2D eigenvalue weighted by atomic mass is 10.2. The Morgan fingerprint density at radius 1 is 1.06 bits per heavy atom. The van der Waals surface area contributed by atoms with Crippen molar-refractivity contribution in [3.63, 3.8) is 0 Å². The topological polar surface area (TPSA) is 9.23 Å². The maximum atomic E-state index is 13.4. The highest BCUT2D eigenvalue weighted by Crippen LogP contribution is 2.30. The van der Waals surface area contributed by atoms with E-state index in [1.165, 1.54) is 6.07 Å². The Kier molecular flexibility index (Phi) is 4.19. The number of hydrogen-bond donors (Lipinski definition) is 0. The Labute approximate surface area is 116 Å². The van der Waals surface area contributed by atoms with Crippen molar-refractivity contribution in [1.82, 2.24) is 0 Å². The smallest absolute Gasteiger partial charge is 0.168 e. The number of benzene rings is 2. The molecule has 0 atom stereocenters. The largest absolute Gasteiger partial charge is 0.454 e. The maximum Gasteiger partial charge on any atom is 0.168 e. The van der Waals surface area contributed by atoms with Crippen molar-refractivity contribution in [2.45, 2.75) is 5.88 Å². The van der Waals surface area contributed by atoms with Crippen molar-refractivity contribution in [1.29, 1.82) is 0 Å². The summed E-state index contributed by atoms with van der Waals surface area (Å²) in [6, 6.07) is 8.36. The van der Waals surface area contributed by atoms with E-state index >= 15 is 0 Å². The molecule has 0 aromatic heterocycles. The maximum absolute atomic E-state index is 13.4. The van der Waals surface area contributed by atoms with Crippen molar-refractivity contribution >= 4 is 27.5 Å². The summed E-state index contributed by atoms with van der Waals surface area (Å²) in [4.78, 5) is 0. The second kappa shape index (κ2) is 5.67. The zero-order valence-corrected chi connectivity index (χ0v) is 11.4. The van der Waals surface area contributed by atoms with Crippen LogP contribution in [0.25, 0.3) is 0 Å². The average molecular weight is 334 g/mol. The lowest BCUT2D eigenvalue weighted by molar-refractivity contribution is 0.435. The van der Waals surface area contributed by atoms with E-state index in [4.69, 9.17) is 16.3 Å². The van der Waals surface area contributed by atoms with Crippen molar-refractivity contribution in [2.24, 2.45) is 0 Å². The first-order valence-corrected chi connectivity index (χ1v) is 6.40. The molecule has 0 aliphatic heterocycles. The SMILES string of the molecule is Fc1ccc(Oc2ccc(Br)cc2CCl)c(F)c1. The van der Waals surface area contributed by atoms with Crippen LogP contribution < -0.4 is 4.74 Å². The standard InChI is InChI=1S/C13H8BrClF2O/c14-9-1-3-12(8(5-9)7-15)18-13-4-2-10(16)6-11(13)17/h1-6H,7H2. The zero-order chi connectivity index (χ0) is 13.1. The van der Waals surface area contributed by atoms with E-state index in [1.54, 1.807) is 18.2 Å². The van der Waals surface area contributed by atoms with Gasteiger partial charge in [-0.15, -0.1) is 11.6 Å². The molecule has 0 saturated heterocycles. The summed E-state index contributed by atoms with van der Waals surface area (Å²) < 4.78 is 32.5. The summed E-state index contributed by atoms with van der Waals surface area (Å²) in [6.45, 7) is 0. The van der Waals surface area contributed by atoms with Crippen LogP contribution in [0, 0.1) is 11.6 Å². The predicted octanol–water partition coefficient (Wildman–Crippen LogP) is 5.26. The van der Waals surface area contributed by atoms with Crippen LogP contribution in [0.3, 0.4) is 0 Å². The molecule has 0 aliphatic rings. The molecule has 0 bridgehead atoms. The quantitative estimate of drug-likeness (QED) is 0.696. The molecule has 18 heavy (non-hydrogen) atoms. The first kappa shape index (κ1) is 13.3. The minimum atomic E-state index is -0.751. The van der Waals surface area contributed by atoms with Gasteiger partial charge in [-0.25, -0.2) is 8.78 Å². The fraction of sp³-hybridized carbons (Fsp3) is 0.0769. The molecule has 0 aliphatic carbocycles. The van der Waals surface area contributed by atoms with Gasteiger partial charge >= 0.3 is 0 Å². The number of halogens is 4. The molecular formula is C13H8BrClF2O. The number of rotatable bonds is 3. The highest BCUT2D eigenvalue weighted by Gasteiger charge is 2.09. The van der Waals surface area contributed by atoms with Gasteiger partial charge in [-0.1, -0.05) is 15.9 Å². The van der Waals surface area contributed by atoms with Crippen LogP contribution in [0.5, 0.6) is 11.5 Å². The number of ether oxygens (including phenoxy) is 1. The highest BCUT2D eigenvalue weighted by atomic mass is 79.9. The molecule has 0 amide bonds. The molecule has 0 heterocycles. The molecule has 0 radical (unpaired) electrons. The Balaban J connectivity index is 2.33. The van der Waals surface area contributed by atoms with E-state index in [9.17, 15) is 8.78 Å². The summed E-state index contributed by atoms with van der Waals surface area (Å²) in [5.74, 6) is -0.757. The van der Waals surface area contributed by atoms with Crippen LogP contribution in [-0.2, 0) is 5.88 Å². The number of hydrogen-bond acceptors (Lipinski definition) is 1. The molecule has 0 fully saturated rings. The van der Waals surface area contributed by atoms with Crippen molar-refractivity contribution in [3.8, 4) is 11.5 Å². The zero-order valence-electron chi connectivity index (χ0n) is 9.09. The van der Waals surface area contributed by atoms with E-state index in [2.05, 4.69) is 15.9 Å². The molecule has 1 nitrogen and oxygen atoms in total. The first-order valence-electron chi connectivity index (χ1n) is 5.07. The van der Waals surface area contributed by atoms with E-state index in [1.807, 2.05) is 0 Å². The lowest BCUT2D eigenvalue weighted by Crippen LogP contribution is -1.93. The Hall–Kier alpha value is -1.13. The summed E-state index contributed by atoms with van der Waals surface area (Å²) in [5.41, 5.74) is 0.717. The number of alkyl halides is 1. The predicted molar refractivity (Wildman–Crippen MR) is 70.1 cm³/mol. The van der Waals surface area contributed by atoms with Crippen molar-refractivity contribution in [2.75, 3.05) is 0 Å². The molecule has 0 N–H and O–H groups in total. The second-order valence-corrected chi connectivity index (χ2v) is 4.75. The van der Waals surface area contributed by atoms with Crippen LogP contribution in [0.2, 0.25) is 0 Å². The third-order valence-electron chi connectivity index (χ3n) is 2.28. The highest BCUT2D eigenvalue weighted by molar-refractivity contribution is 9.10. The monoisotopic (exact) mass is 332 g/mol. The van der Waals surface area contributed by atoms with Crippen LogP contribution in [0.4, 0.5) is 8.78 Å². The fourth-order valence-corrected chi connectivity index (χ4v) is 2.05. The van der Waals surface area contributed by atoms with Gasteiger partial charge in [0.1, 0.15) is 11.6 Å². The van der Waals surface area contributed by atoms with Gasteiger partial charge < -0.3 is 4.74 Å². The molecule has 2 aromatic carbocycles. The molecule has 5 heteroatoms. The van der Waals surface area contributed by atoms with Crippen molar-refractivity contribution < 1.29 is 13.5 Å².